The molecule has 1 unspecified atom stereocenters. The van der Waals surface area contributed by atoms with E-state index >= 15 is 0 Å². The van der Waals surface area contributed by atoms with Crippen molar-refractivity contribution in [3.8, 4) is 11.5 Å². The number of benzene rings is 1. The minimum atomic E-state index is -1.12. The van der Waals surface area contributed by atoms with Gasteiger partial charge in [-0.1, -0.05) is 0 Å². The summed E-state index contributed by atoms with van der Waals surface area (Å²) in [5.74, 6) is -0.862. The van der Waals surface area contributed by atoms with Crippen LogP contribution in [-0.2, 0) is 14.3 Å². The maximum atomic E-state index is 12.5. The molecule has 1 saturated heterocycles. The summed E-state index contributed by atoms with van der Waals surface area (Å²) in [6, 6.07) is 4.69. The Morgan fingerprint density at radius 1 is 1.18 bits per heavy atom. The van der Waals surface area contributed by atoms with Gasteiger partial charge in [0, 0.05) is 25.8 Å². The zero-order valence-corrected chi connectivity index (χ0v) is 16.3. The topological polar surface area (TPSA) is 114 Å². The monoisotopic (exact) mass is 394 g/mol. The molecule has 1 aliphatic heterocycles. The van der Waals surface area contributed by atoms with Crippen molar-refractivity contribution in [3.05, 3.63) is 23.8 Å². The summed E-state index contributed by atoms with van der Waals surface area (Å²) in [7, 11) is 4.40. The minimum absolute atomic E-state index is 0.0319. The summed E-state index contributed by atoms with van der Waals surface area (Å²) in [4.78, 5) is 38.0. The summed E-state index contributed by atoms with van der Waals surface area (Å²) >= 11 is 0. The minimum Gasteiger partial charge on any atom is -0.493 e. The van der Waals surface area contributed by atoms with Crippen molar-refractivity contribution >= 4 is 17.8 Å². The standard InChI is InChI=1S/C19H26N2O7/c1-26-12-19(18(24)25)7-4-8-21(11-19)16(22)10-20-17(23)13-5-6-14(27-2)15(9-13)28-3/h5-6,9H,4,7-8,10-12H2,1-3H3,(H,20,23)(H,24,25). The van der Waals surface area contributed by atoms with Crippen molar-refractivity contribution in [3.63, 3.8) is 0 Å². The summed E-state index contributed by atoms with van der Waals surface area (Å²) in [6.07, 6.45) is 1.00. The van der Waals surface area contributed by atoms with Gasteiger partial charge in [-0.25, -0.2) is 0 Å². The highest BCUT2D eigenvalue weighted by molar-refractivity contribution is 5.97. The predicted molar refractivity (Wildman–Crippen MR) is 99.6 cm³/mol. The van der Waals surface area contributed by atoms with Gasteiger partial charge in [0.1, 0.15) is 5.41 Å². The number of carbonyl (C=O) groups is 3. The number of carboxylic acid groups (broad SMARTS) is 1. The molecule has 1 aromatic carbocycles. The lowest BCUT2D eigenvalue weighted by molar-refractivity contribution is -0.158. The first-order valence-electron chi connectivity index (χ1n) is 8.87. The van der Waals surface area contributed by atoms with E-state index in [1.165, 1.54) is 32.3 Å². The maximum Gasteiger partial charge on any atom is 0.313 e. The molecule has 1 heterocycles. The zero-order chi connectivity index (χ0) is 20.7. The van der Waals surface area contributed by atoms with Crippen LogP contribution in [0.25, 0.3) is 0 Å². The molecule has 1 aliphatic rings. The van der Waals surface area contributed by atoms with E-state index in [9.17, 15) is 19.5 Å². The Balaban J connectivity index is 1.99. The van der Waals surface area contributed by atoms with E-state index in [2.05, 4.69) is 5.32 Å². The molecule has 0 saturated carbocycles. The lowest BCUT2D eigenvalue weighted by atomic mass is 9.80. The summed E-state index contributed by atoms with van der Waals surface area (Å²) in [5.41, 5.74) is -0.793. The molecule has 28 heavy (non-hydrogen) atoms. The number of methoxy groups -OCH3 is 3. The van der Waals surface area contributed by atoms with Crippen LogP contribution in [0.5, 0.6) is 11.5 Å². The third-order valence-corrected chi connectivity index (χ3v) is 4.85. The molecule has 154 valence electrons. The highest BCUT2D eigenvalue weighted by Gasteiger charge is 2.43. The predicted octanol–water partition coefficient (Wildman–Crippen LogP) is 0.773. The van der Waals surface area contributed by atoms with Gasteiger partial charge in [0.25, 0.3) is 5.91 Å². The largest absolute Gasteiger partial charge is 0.493 e. The highest BCUT2D eigenvalue weighted by atomic mass is 16.5. The third-order valence-electron chi connectivity index (χ3n) is 4.85. The van der Waals surface area contributed by atoms with Crippen LogP contribution in [0.1, 0.15) is 23.2 Å². The van der Waals surface area contributed by atoms with Crippen LogP contribution in [0.3, 0.4) is 0 Å². The van der Waals surface area contributed by atoms with Gasteiger partial charge in [0.15, 0.2) is 11.5 Å². The van der Waals surface area contributed by atoms with Crippen molar-refractivity contribution in [1.82, 2.24) is 10.2 Å². The molecule has 2 rings (SSSR count). The Morgan fingerprint density at radius 3 is 2.50 bits per heavy atom. The first-order valence-corrected chi connectivity index (χ1v) is 8.87. The van der Waals surface area contributed by atoms with Crippen LogP contribution in [0.15, 0.2) is 18.2 Å². The van der Waals surface area contributed by atoms with Crippen LogP contribution in [-0.4, -0.2) is 75.4 Å². The van der Waals surface area contributed by atoms with Gasteiger partial charge in [0.05, 0.1) is 27.4 Å². The Bertz CT molecular complexity index is 733. The first kappa shape index (κ1) is 21.5. The van der Waals surface area contributed by atoms with Crippen LogP contribution < -0.4 is 14.8 Å². The number of carboxylic acids is 1. The smallest absolute Gasteiger partial charge is 0.313 e. The number of rotatable bonds is 8. The number of aliphatic carboxylic acids is 1. The second-order valence-corrected chi connectivity index (χ2v) is 6.69. The molecular formula is C19H26N2O7. The molecule has 9 nitrogen and oxygen atoms in total. The van der Waals surface area contributed by atoms with E-state index in [-0.39, 0.29) is 25.6 Å². The van der Waals surface area contributed by atoms with E-state index in [0.717, 1.165) is 0 Å². The second kappa shape index (κ2) is 9.41. The fourth-order valence-electron chi connectivity index (χ4n) is 3.32. The Labute approximate surface area is 163 Å². The first-order chi connectivity index (χ1) is 13.4. The molecule has 2 amide bonds. The van der Waals surface area contributed by atoms with Crippen molar-refractivity contribution in [2.75, 3.05) is 47.6 Å². The number of carbonyl (C=O) groups excluding carboxylic acids is 2. The number of piperidine rings is 1. The molecule has 0 bridgehead atoms. The SMILES string of the molecule is COCC1(C(=O)O)CCCN(C(=O)CNC(=O)c2ccc(OC)c(OC)c2)C1. The van der Waals surface area contributed by atoms with E-state index in [0.29, 0.717) is 36.4 Å². The van der Waals surface area contributed by atoms with Crippen molar-refractivity contribution in [2.45, 2.75) is 12.8 Å². The molecule has 0 radical (unpaired) electrons. The Morgan fingerprint density at radius 2 is 1.89 bits per heavy atom. The lowest BCUT2D eigenvalue weighted by Crippen LogP contribution is -2.53. The van der Waals surface area contributed by atoms with Gasteiger partial charge < -0.3 is 29.5 Å². The summed E-state index contributed by atoms with van der Waals surface area (Å²) in [5, 5.41) is 12.1. The summed E-state index contributed by atoms with van der Waals surface area (Å²) < 4.78 is 15.4. The van der Waals surface area contributed by atoms with Gasteiger partial charge in [-0.3, -0.25) is 14.4 Å². The number of ether oxygens (including phenoxy) is 3. The Hall–Kier alpha value is -2.81. The van der Waals surface area contributed by atoms with Gasteiger partial charge >= 0.3 is 5.97 Å². The molecule has 1 atom stereocenters. The summed E-state index contributed by atoms with van der Waals surface area (Å²) in [6.45, 7) is 0.311. The van der Waals surface area contributed by atoms with E-state index in [4.69, 9.17) is 14.2 Å². The van der Waals surface area contributed by atoms with Crippen LogP contribution in [0.4, 0.5) is 0 Å². The van der Waals surface area contributed by atoms with E-state index in [1.54, 1.807) is 12.1 Å². The van der Waals surface area contributed by atoms with Crippen LogP contribution in [0.2, 0.25) is 0 Å². The highest BCUT2D eigenvalue weighted by Crippen LogP contribution is 2.31. The van der Waals surface area contributed by atoms with Crippen LogP contribution in [0, 0.1) is 5.41 Å². The number of nitrogens with zero attached hydrogens (tertiary/aromatic N) is 1. The number of amides is 2. The molecule has 0 aromatic heterocycles. The molecule has 1 fully saturated rings. The fourth-order valence-corrected chi connectivity index (χ4v) is 3.32. The number of nitrogens with one attached hydrogen (secondary N) is 1. The normalized spacial score (nSPS) is 19.0. The molecular weight excluding hydrogens is 368 g/mol. The van der Waals surface area contributed by atoms with Gasteiger partial charge in [-0.15, -0.1) is 0 Å². The van der Waals surface area contributed by atoms with Crippen molar-refractivity contribution < 1.29 is 33.7 Å². The van der Waals surface area contributed by atoms with Gasteiger partial charge in [0.2, 0.25) is 5.91 Å². The second-order valence-electron chi connectivity index (χ2n) is 6.69. The average molecular weight is 394 g/mol. The van der Waals surface area contributed by atoms with Crippen molar-refractivity contribution in [1.29, 1.82) is 0 Å². The lowest BCUT2D eigenvalue weighted by Gasteiger charge is -2.39. The fraction of sp³-hybridized carbons (Fsp3) is 0.526. The molecule has 9 heteroatoms. The Kier molecular flexibility index (Phi) is 7.22. The quantitative estimate of drug-likeness (QED) is 0.669. The van der Waals surface area contributed by atoms with Gasteiger partial charge in [-0.2, -0.15) is 0 Å². The number of hydrogen-bond acceptors (Lipinski definition) is 6. The third kappa shape index (κ3) is 4.72. The molecule has 1 aromatic rings. The van der Waals surface area contributed by atoms with E-state index < -0.39 is 17.3 Å². The van der Waals surface area contributed by atoms with E-state index in [1.807, 2.05) is 0 Å². The average Bonchev–Trinajstić information content (AvgIpc) is 2.71. The molecule has 0 aliphatic carbocycles. The number of hydrogen-bond donors (Lipinski definition) is 2. The zero-order valence-electron chi connectivity index (χ0n) is 16.3. The molecule has 0 spiro atoms. The molecule has 2 N–H and O–H groups in total. The maximum absolute atomic E-state index is 12.5. The van der Waals surface area contributed by atoms with Crippen LogP contribution >= 0.6 is 0 Å². The van der Waals surface area contributed by atoms with Crippen molar-refractivity contribution in [2.24, 2.45) is 5.41 Å². The number of likely N-dealkylation sites (tertiary alicyclic amines) is 1. The van der Waals surface area contributed by atoms with Gasteiger partial charge in [-0.05, 0) is 31.0 Å².